The molecule has 2 heterocycles. The SMILES string of the molecule is C1=Cc2[nH]c3cc4ccccc4cc3[n+]2C1.[I-]. The average Bonchev–Trinajstić information content (AvgIpc) is 2.86. The zero-order valence-corrected chi connectivity index (χ0v) is 11.3. The minimum absolute atomic E-state index is 0. The molecule has 1 aliphatic rings. The van der Waals surface area contributed by atoms with Gasteiger partial charge in [-0.25, -0.2) is 9.55 Å². The van der Waals surface area contributed by atoms with Crippen LogP contribution in [-0.2, 0) is 6.54 Å². The van der Waals surface area contributed by atoms with Crippen molar-refractivity contribution in [3.05, 3.63) is 48.3 Å². The number of benzene rings is 2. The predicted octanol–water partition coefficient (Wildman–Crippen LogP) is -0.361. The summed E-state index contributed by atoms with van der Waals surface area (Å²) in [6.45, 7) is 0.980. The molecule has 0 bridgehead atoms. The van der Waals surface area contributed by atoms with Gasteiger partial charge in [-0.05, 0) is 29.0 Å². The molecular formula is C14H11IN2. The first-order valence-corrected chi connectivity index (χ1v) is 5.53. The van der Waals surface area contributed by atoms with Gasteiger partial charge in [0.15, 0.2) is 11.0 Å². The maximum atomic E-state index is 3.44. The number of rotatable bonds is 0. The Morgan fingerprint density at radius 3 is 2.65 bits per heavy atom. The molecule has 1 aromatic heterocycles. The second-order valence-corrected chi connectivity index (χ2v) is 4.24. The number of H-pyrrole nitrogens is 1. The molecule has 17 heavy (non-hydrogen) atoms. The van der Waals surface area contributed by atoms with Gasteiger partial charge in [0.25, 0.3) is 5.82 Å². The van der Waals surface area contributed by atoms with E-state index >= 15 is 0 Å². The standard InChI is InChI=1S/C14H10N2.HI/c1-2-5-11-9-13-12(8-10(11)4-1)15-14-6-3-7-16(13)14;/h1-6,8-9H,7H2;1H. The number of imidazole rings is 1. The van der Waals surface area contributed by atoms with Gasteiger partial charge in [-0.3, -0.25) is 0 Å². The first-order chi connectivity index (χ1) is 7.92. The van der Waals surface area contributed by atoms with Crippen molar-refractivity contribution in [2.45, 2.75) is 6.54 Å². The number of aromatic nitrogens is 2. The van der Waals surface area contributed by atoms with Crippen LogP contribution in [0.2, 0.25) is 0 Å². The summed E-state index contributed by atoms with van der Waals surface area (Å²) < 4.78 is 2.31. The first kappa shape index (κ1) is 10.8. The Morgan fingerprint density at radius 2 is 1.82 bits per heavy atom. The highest BCUT2D eigenvalue weighted by molar-refractivity contribution is 5.94. The highest BCUT2D eigenvalue weighted by Crippen LogP contribution is 2.21. The third-order valence-electron chi connectivity index (χ3n) is 3.27. The van der Waals surface area contributed by atoms with E-state index in [9.17, 15) is 0 Å². The molecule has 0 spiro atoms. The molecule has 84 valence electrons. The van der Waals surface area contributed by atoms with E-state index < -0.39 is 0 Å². The molecule has 2 aromatic carbocycles. The summed E-state index contributed by atoms with van der Waals surface area (Å²) in [5.74, 6) is 1.20. The quantitative estimate of drug-likeness (QED) is 0.428. The molecule has 4 rings (SSSR count). The summed E-state index contributed by atoms with van der Waals surface area (Å²) >= 11 is 0. The molecule has 0 atom stereocenters. The zero-order chi connectivity index (χ0) is 10.5. The van der Waals surface area contributed by atoms with Gasteiger partial charge in [-0.2, -0.15) is 0 Å². The number of nitrogens with zero attached hydrogens (tertiary/aromatic N) is 1. The number of nitrogens with one attached hydrogen (secondary N) is 1. The lowest BCUT2D eigenvalue weighted by Gasteiger charge is -1.96. The van der Waals surface area contributed by atoms with Crippen molar-refractivity contribution in [3.8, 4) is 0 Å². The van der Waals surface area contributed by atoms with Crippen LogP contribution in [-0.4, -0.2) is 4.98 Å². The Labute approximate surface area is 116 Å². The Kier molecular flexibility index (Phi) is 2.43. The average molecular weight is 334 g/mol. The molecule has 0 aliphatic carbocycles. The zero-order valence-electron chi connectivity index (χ0n) is 9.15. The Balaban J connectivity index is 0.000000902. The lowest BCUT2D eigenvalue weighted by Crippen LogP contribution is -3.00. The predicted molar refractivity (Wildman–Crippen MR) is 65.0 cm³/mol. The van der Waals surface area contributed by atoms with Crippen LogP contribution in [0, 0.1) is 0 Å². The molecule has 0 saturated heterocycles. The van der Waals surface area contributed by atoms with Gasteiger partial charge in [0.2, 0.25) is 0 Å². The van der Waals surface area contributed by atoms with Gasteiger partial charge < -0.3 is 24.0 Å². The first-order valence-electron chi connectivity index (χ1n) is 5.53. The van der Waals surface area contributed by atoms with E-state index in [1.54, 1.807) is 0 Å². The van der Waals surface area contributed by atoms with Crippen LogP contribution in [0.1, 0.15) is 5.82 Å². The molecule has 1 aliphatic heterocycles. The topological polar surface area (TPSA) is 19.7 Å². The maximum Gasteiger partial charge on any atom is 0.280 e. The Morgan fingerprint density at radius 1 is 1.06 bits per heavy atom. The van der Waals surface area contributed by atoms with Crippen molar-refractivity contribution in [3.63, 3.8) is 0 Å². The van der Waals surface area contributed by atoms with E-state index in [4.69, 9.17) is 0 Å². The second kappa shape index (κ2) is 3.84. The van der Waals surface area contributed by atoms with Crippen LogP contribution < -0.4 is 28.5 Å². The van der Waals surface area contributed by atoms with Gasteiger partial charge in [0.1, 0.15) is 6.54 Å². The summed E-state index contributed by atoms with van der Waals surface area (Å²) in [5, 5.41) is 2.59. The van der Waals surface area contributed by atoms with E-state index in [0.717, 1.165) is 6.54 Å². The molecule has 2 nitrogen and oxygen atoms in total. The number of aromatic amines is 1. The second-order valence-electron chi connectivity index (χ2n) is 4.24. The molecule has 0 unspecified atom stereocenters. The summed E-state index contributed by atoms with van der Waals surface area (Å²) in [6, 6.07) is 13.0. The van der Waals surface area contributed by atoms with Gasteiger partial charge >= 0.3 is 0 Å². The lowest BCUT2D eigenvalue weighted by atomic mass is 10.1. The van der Waals surface area contributed by atoms with Crippen molar-refractivity contribution in [1.29, 1.82) is 0 Å². The molecule has 1 N–H and O–H groups in total. The molecule has 3 aromatic rings. The highest BCUT2D eigenvalue weighted by Gasteiger charge is 2.19. The lowest BCUT2D eigenvalue weighted by molar-refractivity contribution is -0.658. The molecule has 0 fully saturated rings. The summed E-state index contributed by atoms with van der Waals surface area (Å²) in [7, 11) is 0. The minimum atomic E-state index is 0. The van der Waals surface area contributed by atoms with Crippen LogP contribution in [0.3, 0.4) is 0 Å². The molecule has 0 radical (unpaired) electrons. The van der Waals surface area contributed by atoms with Crippen molar-refractivity contribution in [2.24, 2.45) is 0 Å². The van der Waals surface area contributed by atoms with Crippen LogP contribution in [0.4, 0.5) is 0 Å². The van der Waals surface area contributed by atoms with Crippen molar-refractivity contribution in [2.75, 3.05) is 0 Å². The summed E-state index contributed by atoms with van der Waals surface area (Å²) in [4.78, 5) is 3.44. The fourth-order valence-corrected chi connectivity index (χ4v) is 2.49. The van der Waals surface area contributed by atoms with Crippen LogP contribution >= 0.6 is 0 Å². The number of fused-ring (bicyclic) bond motifs is 4. The van der Waals surface area contributed by atoms with E-state index in [2.05, 4.69) is 58.1 Å². The van der Waals surface area contributed by atoms with E-state index in [0.29, 0.717) is 0 Å². The molecule has 3 heteroatoms. The smallest absolute Gasteiger partial charge is 0.280 e. The number of allylic oxidation sites excluding steroid dienone is 1. The highest BCUT2D eigenvalue weighted by atomic mass is 127. The van der Waals surface area contributed by atoms with E-state index in [1.165, 1.54) is 27.6 Å². The number of halogens is 1. The summed E-state index contributed by atoms with van der Waals surface area (Å²) in [5.41, 5.74) is 2.51. The Hall–Kier alpha value is -1.36. The van der Waals surface area contributed by atoms with E-state index in [-0.39, 0.29) is 24.0 Å². The van der Waals surface area contributed by atoms with Crippen molar-refractivity contribution >= 4 is 27.9 Å². The normalized spacial score (nSPS) is 12.9. The van der Waals surface area contributed by atoms with Gasteiger partial charge in [0.05, 0.1) is 0 Å². The molecule has 0 saturated carbocycles. The number of hydrogen-bond acceptors (Lipinski definition) is 0. The molecular weight excluding hydrogens is 323 g/mol. The number of hydrogen-bond donors (Lipinski definition) is 1. The largest absolute Gasteiger partial charge is 1.00 e. The van der Waals surface area contributed by atoms with Crippen molar-refractivity contribution < 1.29 is 28.5 Å². The third-order valence-corrected chi connectivity index (χ3v) is 3.27. The van der Waals surface area contributed by atoms with Crippen LogP contribution in [0.15, 0.2) is 42.5 Å². The van der Waals surface area contributed by atoms with Crippen LogP contribution in [0.25, 0.3) is 27.9 Å². The monoisotopic (exact) mass is 334 g/mol. The van der Waals surface area contributed by atoms with E-state index in [1.807, 2.05) is 0 Å². The van der Waals surface area contributed by atoms with Gasteiger partial charge in [-0.15, -0.1) is 0 Å². The van der Waals surface area contributed by atoms with Crippen molar-refractivity contribution in [1.82, 2.24) is 4.98 Å². The summed E-state index contributed by atoms with van der Waals surface area (Å²) in [6.07, 6.45) is 4.32. The Bertz CT molecular complexity index is 740. The maximum absolute atomic E-state index is 3.44. The van der Waals surface area contributed by atoms with Crippen LogP contribution in [0.5, 0.6) is 0 Å². The molecule has 0 amide bonds. The van der Waals surface area contributed by atoms with Gasteiger partial charge in [-0.1, -0.05) is 24.3 Å². The minimum Gasteiger partial charge on any atom is -1.00 e. The fourth-order valence-electron chi connectivity index (χ4n) is 2.49. The fraction of sp³-hybridized carbons (Fsp3) is 0.0714. The van der Waals surface area contributed by atoms with Gasteiger partial charge in [0, 0.05) is 6.08 Å². The third kappa shape index (κ3) is 1.49.